The van der Waals surface area contributed by atoms with Gasteiger partial charge in [-0.3, -0.25) is 19.8 Å². The molecule has 1 aliphatic rings. The van der Waals surface area contributed by atoms with Crippen LogP contribution in [-0.2, 0) is 17.8 Å². The van der Waals surface area contributed by atoms with E-state index in [-0.39, 0.29) is 5.91 Å². The fourth-order valence-corrected chi connectivity index (χ4v) is 2.67. The van der Waals surface area contributed by atoms with E-state index in [1.54, 1.807) is 6.20 Å². The van der Waals surface area contributed by atoms with Crippen molar-refractivity contribution >= 4 is 11.6 Å². The highest BCUT2D eigenvalue weighted by atomic mass is 16.1. The molecule has 0 radical (unpaired) electrons. The van der Waals surface area contributed by atoms with Crippen LogP contribution >= 0.6 is 0 Å². The highest BCUT2D eigenvalue weighted by Crippen LogP contribution is 2.23. The maximum absolute atomic E-state index is 11.8. The molecule has 1 aliphatic heterocycles. The average molecular weight is 308 g/mol. The van der Waals surface area contributed by atoms with E-state index in [4.69, 9.17) is 0 Å². The summed E-state index contributed by atoms with van der Waals surface area (Å²) in [4.78, 5) is 25.1. The van der Waals surface area contributed by atoms with Crippen LogP contribution in [0, 0.1) is 6.92 Å². The Morgan fingerprint density at radius 1 is 1.30 bits per heavy atom. The van der Waals surface area contributed by atoms with Gasteiger partial charge in [-0.1, -0.05) is 6.92 Å². The van der Waals surface area contributed by atoms with E-state index in [1.807, 2.05) is 38.2 Å². The first-order chi connectivity index (χ1) is 11.2. The summed E-state index contributed by atoms with van der Waals surface area (Å²) < 4.78 is 0. The van der Waals surface area contributed by atoms with Crippen LogP contribution in [0.5, 0.6) is 0 Å². The van der Waals surface area contributed by atoms with E-state index in [0.717, 1.165) is 40.2 Å². The third-order valence-electron chi connectivity index (χ3n) is 3.79. The van der Waals surface area contributed by atoms with E-state index in [1.165, 1.54) is 0 Å². The topological polar surface area (TPSA) is 67.2 Å². The van der Waals surface area contributed by atoms with Gasteiger partial charge >= 0.3 is 0 Å². The summed E-state index contributed by atoms with van der Waals surface area (Å²) in [7, 11) is 0. The molecule has 0 atom stereocenters. The van der Waals surface area contributed by atoms with Crippen LogP contribution < -0.4 is 5.32 Å². The van der Waals surface area contributed by atoms with Crippen molar-refractivity contribution in [2.45, 2.75) is 33.2 Å². The minimum absolute atomic E-state index is 0.0168. The summed E-state index contributed by atoms with van der Waals surface area (Å²) in [6.45, 7) is 5.35. The van der Waals surface area contributed by atoms with Crippen LogP contribution in [0.2, 0.25) is 0 Å². The van der Waals surface area contributed by atoms with Crippen LogP contribution in [0.3, 0.4) is 0 Å². The maximum atomic E-state index is 11.8. The molecule has 23 heavy (non-hydrogen) atoms. The van der Waals surface area contributed by atoms with E-state index in [9.17, 15) is 4.79 Å². The molecule has 1 N–H and O–H groups in total. The van der Waals surface area contributed by atoms with Crippen molar-refractivity contribution in [1.82, 2.24) is 15.3 Å². The molecule has 3 heterocycles. The van der Waals surface area contributed by atoms with Crippen LogP contribution in [-0.4, -0.2) is 28.1 Å². The van der Waals surface area contributed by atoms with Crippen LogP contribution in [0.4, 0.5) is 0 Å². The summed E-state index contributed by atoms with van der Waals surface area (Å²) in [6.07, 6.45) is 4.88. The van der Waals surface area contributed by atoms with Crippen molar-refractivity contribution in [3.05, 3.63) is 58.7 Å². The van der Waals surface area contributed by atoms with Crippen molar-refractivity contribution in [3.63, 3.8) is 0 Å². The number of nitrogens with zero attached hydrogens (tertiary/aromatic N) is 3. The molecular weight excluding hydrogens is 288 g/mol. The molecule has 0 unspecified atom stereocenters. The van der Waals surface area contributed by atoms with Gasteiger partial charge in [0.05, 0.1) is 24.4 Å². The Labute approximate surface area is 135 Å². The van der Waals surface area contributed by atoms with Gasteiger partial charge in [0, 0.05) is 35.8 Å². The second kappa shape index (κ2) is 6.69. The fraction of sp³-hybridized carbons (Fsp3) is 0.333. The Morgan fingerprint density at radius 3 is 2.96 bits per heavy atom. The zero-order chi connectivity index (χ0) is 16.2. The zero-order valence-electron chi connectivity index (χ0n) is 13.5. The van der Waals surface area contributed by atoms with Gasteiger partial charge in [0.2, 0.25) is 5.91 Å². The zero-order valence-corrected chi connectivity index (χ0v) is 13.5. The fourth-order valence-electron chi connectivity index (χ4n) is 2.67. The predicted octanol–water partition coefficient (Wildman–Crippen LogP) is 2.20. The molecule has 5 nitrogen and oxygen atoms in total. The number of aryl methyl sites for hydroxylation is 1. The molecule has 3 rings (SSSR count). The number of amides is 1. The van der Waals surface area contributed by atoms with E-state index in [0.29, 0.717) is 19.5 Å². The highest BCUT2D eigenvalue weighted by Gasteiger charge is 2.19. The Balaban J connectivity index is 1.78. The van der Waals surface area contributed by atoms with Gasteiger partial charge in [0.15, 0.2) is 0 Å². The molecule has 5 heteroatoms. The van der Waals surface area contributed by atoms with Gasteiger partial charge in [-0.2, -0.15) is 0 Å². The lowest BCUT2D eigenvalue weighted by Crippen LogP contribution is -2.26. The van der Waals surface area contributed by atoms with Crippen molar-refractivity contribution in [2.75, 3.05) is 6.54 Å². The van der Waals surface area contributed by atoms with Crippen LogP contribution in [0.15, 0.2) is 35.6 Å². The molecule has 118 valence electrons. The first kappa shape index (κ1) is 15.3. The monoisotopic (exact) mass is 308 g/mol. The summed E-state index contributed by atoms with van der Waals surface area (Å²) in [5.41, 5.74) is 5.96. The third kappa shape index (κ3) is 3.44. The number of fused-ring (bicyclic) bond motifs is 1. The van der Waals surface area contributed by atoms with E-state index < -0.39 is 0 Å². The molecule has 2 aromatic heterocycles. The molecule has 0 saturated heterocycles. The van der Waals surface area contributed by atoms with E-state index >= 15 is 0 Å². The first-order valence-electron chi connectivity index (χ1n) is 7.89. The largest absolute Gasteiger partial charge is 0.356 e. The van der Waals surface area contributed by atoms with Gasteiger partial charge in [-0.15, -0.1) is 0 Å². The molecule has 0 saturated carbocycles. The summed E-state index contributed by atoms with van der Waals surface area (Å²) in [5.74, 6) is 0.0168. The first-order valence-corrected chi connectivity index (χ1v) is 7.89. The number of carbonyl (C=O) groups is 1. The third-order valence-corrected chi connectivity index (χ3v) is 3.79. The Kier molecular flexibility index (Phi) is 4.46. The highest BCUT2D eigenvalue weighted by molar-refractivity contribution is 6.15. The van der Waals surface area contributed by atoms with Crippen molar-refractivity contribution in [3.8, 4) is 0 Å². The van der Waals surface area contributed by atoms with Crippen molar-refractivity contribution in [1.29, 1.82) is 0 Å². The molecule has 0 bridgehead atoms. The lowest BCUT2D eigenvalue weighted by molar-refractivity contribution is -0.120. The van der Waals surface area contributed by atoms with Crippen LogP contribution in [0.25, 0.3) is 0 Å². The van der Waals surface area contributed by atoms with Crippen molar-refractivity contribution in [2.24, 2.45) is 4.99 Å². The number of pyridine rings is 2. The number of aliphatic imine (C=N–C) groups is 1. The summed E-state index contributed by atoms with van der Waals surface area (Å²) in [6, 6.07) is 5.98. The van der Waals surface area contributed by atoms with Gasteiger partial charge in [0.1, 0.15) is 0 Å². The second-order valence-electron chi connectivity index (χ2n) is 5.71. The van der Waals surface area contributed by atoms with Gasteiger partial charge in [-0.05, 0) is 37.1 Å². The Hall–Kier alpha value is -2.56. The van der Waals surface area contributed by atoms with Gasteiger partial charge in [-0.25, -0.2) is 0 Å². The quantitative estimate of drug-likeness (QED) is 0.921. The smallest absolute Gasteiger partial charge is 0.226 e. The number of hydrogen-bond donors (Lipinski definition) is 1. The summed E-state index contributed by atoms with van der Waals surface area (Å²) in [5, 5.41) is 2.87. The molecule has 0 aliphatic carbocycles. The number of rotatable bonds is 5. The van der Waals surface area contributed by atoms with Crippen molar-refractivity contribution < 1.29 is 4.79 Å². The van der Waals surface area contributed by atoms with Crippen LogP contribution in [0.1, 0.15) is 41.4 Å². The van der Waals surface area contributed by atoms with Gasteiger partial charge in [0.25, 0.3) is 0 Å². The van der Waals surface area contributed by atoms with Gasteiger partial charge < -0.3 is 5.32 Å². The summed E-state index contributed by atoms with van der Waals surface area (Å²) >= 11 is 0. The molecule has 1 amide bonds. The number of nitrogens with one attached hydrogen (secondary N) is 1. The SMILES string of the molecule is CCCNC(=O)Cc1cc2c(cn1)C(c1ccnc(C)c1)=NC2. The Morgan fingerprint density at radius 2 is 2.17 bits per heavy atom. The second-order valence-corrected chi connectivity index (χ2v) is 5.71. The number of hydrogen-bond acceptors (Lipinski definition) is 4. The lowest BCUT2D eigenvalue weighted by Gasteiger charge is -2.07. The number of carbonyl (C=O) groups excluding carboxylic acids is 1. The molecule has 0 spiro atoms. The average Bonchev–Trinajstić information content (AvgIpc) is 2.96. The maximum Gasteiger partial charge on any atom is 0.226 e. The normalized spacial score (nSPS) is 12.7. The lowest BCUT2D eigenvalue weighted by atomic mass is 10.0. The molecular formula is C18H20N4O. The molecule has 0 fully saturated rings. The Bertz CT molecular complexity index is 767. The minimum atomic E-state index is 0.0168. The standard InChI is InChI=1S/C18H20N4O/c1-3-5-20-17(23)9-15-8-14-10-22-18(16(14)11-21-15)13-4-6-19-12(2)7-13/h4,6-8,11H,3,5,9-10H2,1-2H3,(H,20,23). The minimum Gasteiger partial charge on any atom is -0.356 e. The predicted molar refractivity (Wildman–Crippen MR) is 89.6 cm³/mol. The number of aromatic nitrogens is 2. The van der Waals surface area contributed by atoms with E-state index in [2.05, 4.69) is 20.3 Å². The molecule has 0 aromatic carbocycles. The molecule has 2 aromatic rings.